The number of morpholine rings is 1. The monoisotopic (exact) mass is 390 g/mol. The Hall–Kier alpha value is -3.19. The van der Waals surface area contributed by atoms with Crippen LogP contribution in [-0.4, -0.2) is 41.5 Å². The zero-order valence-corrected chi connectivity index (χ0v) is 16.9. The Kier molecular flexibility index (Phi) is 5.86. The highest BCUT2D eigenvalue weighted by molar-refractivity contribution is 5.74. The highest BCUT2D eigenvalue weighted by Crippen LogP contribution is 2.29. The number of rotatable bonds is 6. The van der Waals surface area contributed by atoms with Gasteiger partial charge in [0.15, 0.2) is 5.82 Å². The lowest BCUT2D eigenvalue weighted by Gasteiger charge is -2.30. The van der Waals surface area contributed by atoms with Crippen molar-refractivity contribution < 1.29 is 4.74 Å². The molecule has 2 aromatic carbocycles. The highest BCUT2D eigenvalue weighted by Gasteiger charge is 2.15. The minimum Gasteiger partial charge on any atom is -0.378 e. The minimum atomic E-state index is 0.475. The van der Waals surface area contributed by atoms with Crippen molar-refractivity contribution in [2.24, 2.45) is 0 Å². The van der Waals surface area contributed by atoms with Crippen molar-refractivity contribution in [3.63, 3.8) is 0 Å². The van der Waals surface area contributed by atoms with Gasteiger partial charge in [0.25, 0.3) is 0 Å². The maximum atomic E-state index is 5.48. The van der Waals surface area contributed by atoms with Crippen LogP contribution in [0.5, 0.6) is 0 Å². The number of para-hydroxylation sites is 3. The van der Waals surface area contributed by atoms with E-state index >= 15 is 0 Å². The van der Waals surface area contributed by atoms with Crippen molar-refractivity contribution in [1.29, 1.82) is 0 Å². The van der Waals surface area contributed by atoms with E-state index in [-0.39, 0.29) is 0 Å². The molecular weight excluding hydrogens is 364 g/mol. The van der Waals surface area contributed by atoms with Crippen LogP contribution in [0.15, 0.2) is 48.7 Å². The average molecular weight is 390 g/mol. The predicted octanol–water partition coefficient (Wildman–Crippen LogP) is 4.07. The van der Waals surface area contributed by atoms with E-state index < -0.39 is 0 Å². The maximum Gasteiger partial charge on any atom is 0.249 e. The van der Waals surface area contributed by atoms with E-state index in [1.165, 1.54) is 5.56 Å². The van der Waals surface area contributed by atoms with Crippen molar-refractivity contribution in [1.82, 2.24) is 15.2 Å². The van der Waals surface area contributed by atoms with Crippen LogP contribution < -0.4 is 15.5 Å². The van der Waals surface area contributed by atoms with Gasteiger partial charge in [-0.15, -0.1) is 5.10 Å². The summed E-state index contributed by atoms with van der Waals surface area (Å²) in [6, 6.07) is 14.5. The van der Waals surface area contributed by atoms with E-state index in [4.69, 9.17) is 4.74 Å². The summed E-state index contributed by atoms with van der Waals surface area (Å²) < 4.78 is 5.48. The molecule has 3 aromatic rings. The first-order valence-corrected chi connectivity index (χ1v) is 9.98. The Morgan fingerprint density at radius 3 is 2.69 bits per heavy atom. The Bertz CT molecular complexity index is 971. The fraction of sp³-hybridized carbons (Fsp3) is 0.318. The minimum absolute atomic E-state index is 0.475. The topological polar surface area (TPSA) is 75.2 Å². The number of nitrogens with one attached hydrogen (secondary N) is 2. The number of hydrogen-bond donors (Lipinski definition) is 2. The summed E-state index contributed by atoms with van der Waals surface area (Å²) in [7, 11) is 0. The summed E-state index contributed by atoms with van der Waals surface area (Å²) in [6.45, 7) is 7.46. The number of nitrogens with zero attached hydrogens (tertiary/aromatic N) is 4. The van der Waals surface area contributed by atoms with Gasteiger partial charge < -0.3 is 20.3 Å². The molecule has 2 N–H and O–H groups in total. The first-order valence-electron chi connectivity index (χ1n) is 9.98. The van der Waals surface area contributed by atoms with Gasteiger partial charge in [-0.2, -0.15) is 10.1 Å². The van der Waals surface area contributed by atoms with E-state index in [1.54, 1.807) is 6.20 Å². The first kappa shape index (κ1) is 19.1. The lowest BCUT2D eigenvalue weighted by Crippen LogP contribution is -2.36. The fourth-order valence-electron chi connectivity index (χ4n) is 3.53. The quantitative estimate of drug-likeness (QED) is 0.657. The molecule has 0 spiro atoms. The van der Waals surface area contributed by atoms with Gasteiger partial charge in [0.1, 0.15) is 0 Å². The molecule has 0 amide bonds. The summed E-state index contributed by atoms with van der Waals surface area (Å²) in [5, 5.41) is 15.0. The van der Waals surface area contributed by atoms with Crippen LogP contribution in [0.25, 0.3) is 0 Å². The van der Waals surface area contributed by atoms with E-state index in [0.29, 0.717) is 11.8 Å². The van der Waals surface area contributed by atoms with Crippen LogP contribution in [-0.2, 0) is 11.2 Å². The third-order valence-corrected chi connectivity index (χ3v) is 5.05. The van der Waals surface area contributed by atoms with Crippen LogP contribution in [0.1, 0.15) is 18.1 Å². The zero-order valence-electron chi connectivity index (χ0n) is 16.9. The van der Waals surface area contributed by atoms with Gasteiger partial charge in [0.2, 0.25) is 5.95 Å². The van der Waals surface area contributed by atoms with Gasteiger partial charge in [-0.3, -0.25) is 0 Å². The van der Waals surface area contributed by atoms with Crippen LogP contribution in [0, 0.1) is 6.92 Å². The molecule has 1 aliphatic heterocycles. The summed E-state index contributed by atoms with van der Waals surface area (Å²) in [6.07, 6.45) is 2.57. The van der Waals surface area contributed by atoms with E-state index in [0.717, 1.165) is 55.3 Å². The summed E-state index contributed by atoms with van der Waals surface area (Å²) >= 11 is 0. The summed E-state index contributed by atoms with van der Waals surface area (Å²) in [4.78, 5) is 6.95. The van der Waals surface area contributed by atoms with Gasteiger partial charge in [-0.1, -0.05) is 37.3 Å². The standard InChI is InChI=1S/C22H26N6O/c1-3-17-8-6-7-16(2)21(17)26-22-25-20(15-23-27-22)24-18-9-4-5-10-19(18)28-11-13-29-14-12-28/h4-10,15H,3,11-14H2,1-2H3,(H2,24,25,26,27). The molecule has 1 saturated heterocycles. The summed E-state index contributed by atoms with van der Waals surface area (Å²) in [5.74, 6) is 1.12. The molecule has 1 aliphatic rings. The van der Waals surface area contributed by atoms with Crippen molar-refractivity contribution >= 4 is 28.8 Å². The van der Waals surface area contributed by atoms with E-state index in [2.05, 4.69) is 74.9 Å². The van der Waals surface area contributed by atoms with Gasteiger partial charge in [0.05, 0.1) is 30.8 Å². The molecule has 7 heteroatoms. The molecular formula is C22H26N6O. The average Bonchev–Trinajstić information content (AvgIpc) is 2.76. The smallest absolute Gasteiger partial charge is 0.249 e. The van der Waals surface area contributed by atoms with E-state index in [9.17, 15) is 0 Å². The van der Waals surface area contributed by atoms with Crippen molar-refractivity contribution in [2.75, 3.05) is 41.8 Å². The highest BCUT2D eigenvalue weighted by atomic mass is 16.5. The van der Waals surface area contributed by atoms with Crippen LogP contribution >= 0.6 is 0 Å². The van der Waals surface area contributed by atoms with Crippen LogP contribution in [0.4, 0.5) is 28.8 Å². The van der Waals surface area contributed by atoms with E-state index in [1.807, 2.05) is 12.1 Å². The fourth-order valence-corrected chi connectivity index (χ4v) is 3.53. The third-order valence-electron chi connectivity index (χ3n) is 5.05. The van der Waals surface area contributed by atoms with Crippen molar-refractivity contribution in [3.05, 3.63) is 59.8 Å². The van der Waals surface area contributed by atoms with Crippen LogP contribution in [0.2, 0.25) is 0 Å². The molecule has 1 fully saturated rings. The first-order chi connectivity index (χ1) is 14.2. The number of aryl methyl sites for hydroxylation is 2. The van der Waals surface area contributed by atoms with Crippen molar-refractivity contribution in [3.8, 4) is 0 Å². The number of ether oxygens (including phenoxy) is 1. The molecule has 0 saturated carbocycles. The van der Waals surface area contributed by atoms with Crippen LogP contribution in [0.3, 0.4) is 0 Å². The Morgan fingerprint density at radius 1 is 1.03 bits per heavy atom. The predicted molar refractivity (Wildman–Crippen MR) is 116 cm³/mol. The molecule has 29 heavy (non-hydrogen) atoms. The third kappa shape index (κ3) is 4.46. The van der Waals surface area contributed by atoms with Gasteiger partial charge in [0, 0.05) is 18.8 Å². The lowest BCUT2D eigenvalue weighted by molar-refractivity contribution is 0.123. The molecule has 0 unspecified atom stereocenters. The molecule has 2 heterocycles. The normalized spacial score (nSPS) is 13.9. The number of aromatic nitrogens is 3. The molecule has 0 atom stereocenters. The Labute approximate surface area is 171 Å². The second-order valence-corrected chi connectivity index (χ2v) is 6.99. The number of hydrogen-bond acceptors (Lipinski definition) is 7. The van der Waals surface area contributed by atoms with Gasteiger partial charge >= 0.3 is 0 Å². The lowest BCUT2D eigenvalue weighted by atomic mass is 10.1. The molecule has 0 radical (unpaired) electrons. The summed E-state index contributed by atoms with van der Waals surface area (Å²) in [5.41, 5.74) is 5.55. The Balaban J connectivity index is 1.56. The van der Waals surface area contributed by atoms with Gasteiger partial charge in [-0.05, 0) is 36.6 Å². The van der Waals surface area contributed by atoms with Gasteiger partial charge in [-0.25, -0.2) is 0 Å². The molecule has 7 nitrogen and oxygen atoms in total. The SMILES string of the molecule is CCc1cccc(C)c1Nc1nncc(Nc2ccccc2N2CCOCC2)n1. The molecule has 0 bridgehead atoms. The molecule has 0 aliphatic carbocycles. The number of anilines is 5. The zero-order chi connectivity index (χ0) is 20.1. The molecule has 150 valence electrons. The van der Waals surface area contributed by atoms with Crippen molar-refractivity contribution in [2.45, 2.75) is 20.3 Å². The maximum absolute atomic E-state index is 5.48. The Morgan fingerprint density at radius 2 is 1.86 bits per heavy atom. The molecule has 1 aromatic heterocycles. The molecule has 4 rings (SSSR count). The second kappa shape index (κ2) is 8.87. The largest absolute Gasteiger partial charge is 0.378 e. The second-order valence-electron chi connectivity index (χ2n) is 6.99. The number of benzene rings is 2.